The first-order valence-corrected chi connectivity index (χ1v) is 8.55. The lowest BCUT2D eigenvalue weighted by Gasteiger charge is -2.19. The Hall–Kier alpha value is -0.950. The summed E-state index contributed by atoms with van der Waals surface area (Å²) < 4.78 is 33.3. The third-order valence-electron chi connectivity index (χ3n) is 3.92. The number of aromatic nitrogens is 2. The van der Waals surface area contributed by atoms with E-state index in [1.165, 1.54) is 0 Å². The molecule has 0 N–H and O–H groups in total. The van der Waals surface area contributed by atoms with E-state index in [9.17, 15) is 8.42 Å². The van der Waals surface area contributed by atoms with Crippen molar-refractivity contribution in [2.24, 2.45) is 5.92 Å². The fraction of sp³-hybridized carbons (Fsp3) is 0.833. The molecule has 1 aromatic rings. The third kappa shape index (κ3) is 3.14. The van der Waals surface area contributed by atoms with Crippen molar-refractivity contribution in [1.82, 2.24) is 10.1 Å². The van der Waals surface area contributed by atoms with Crippen molar-refractivity contribution in [3.63, 3.8) is 0 Å². The second-order valence-electron chi connectivity index (χ2n) is 5.41. The highest BCUT2D eigenvalue weighted by molar-refractivity contribution is 7.91. The van der Waals surface area contributed by atoms with Crippen LogP contribution in [0.3, 0.4) is 0 Å². The van der Waals surface area contributed by atoms with E-state index in [2.05, 4.69) is 10.1 Å². The van der Waals surface area contributed by atoms with Gasteiger partial charge in [0.2, 0.25) is 5.89 Å². The molecule has 0 amide bonds. The van der Waals surface area contributed by atoms with Gasteiger partial charge in [0.1, 0.15) is 9.84 Å². The molecule has 2 saturated heterocycles. The van der Waals surface area contributed by atoms with E-state index in [1.807, 2.05) is 0 Å². The van der Waals surface area contributed by atoms with Crippen LogP contribution in [-0.2, 0) is 21.0 Å². The van der Waals surface area contributed by atoms with Crippen LogP contribution in [0.15, 0.2) is 4.52 Å². The van der Waals surface area contributed by atoms with Gasteiger partial charge < -0.3 is 9.26 Å². The van der Waals surface area contributed by atoms with Gasteiger partial charge in [-0.15, -0.1) is 0 Å². The van der Waals surface area contributed by atoms with Crippen LogP contribution < -0.4 is 0 Å². The molecule has 6 nitrogen and oxygen atoms in total. The van der Waals surface area contributed by atoms with Crippen LogP contribution in [0.2, 0.25) is 0 Å². The summed E-state index contributed by atoms with van der Waals surface area (Å²) in [5, 5.41) is 4.01. The van der Waals surface area contributed by atoms with Crippen LogP contribution in [-0.4, -0.2) is 43.3 Å². The van der Waals surface area contributed by atoms with E-state index in [1.54, 1.807) is 0 Å². The summed E-state index contributed by atoms with van der Waals surface area (Å²) in [5.74, 6) is 2.53. The van der Waals surface area contributed by atoms with E-state index < -0.39 is 9.84 Å². The van der Waals surface area contributed by atoms with Crippen LogP contribution >= 0.6 is 0 Å². The zero-order valence-corrected chi connectivity index (χ0v) is 11.6. The first-order valence-electron chi connectivity index (χ1n) is 6.73. The molecule has 0 radical (unpaired) electrons. The van der Waals surface area contributed by atoms with Gasteiger partial charge >= 0.3 is 0 Å². The van der Waals surface area contributed by atoms with E-state index in [4.69, 9.17) is 9.26 Å². The van der Waals surface area contributed by atoms with Gasteiger partial charge in [-0.25, -0.2) is 8.42 Å². The Morgan fingerprint density at radius 1 is 1.21 bits per heavy atom. The van der Waals surface area contributed by atoms with Crippen LogP contribution in [0.1, 0.15) is 36.9 Å². The van der Waals surface area contributed by atoms with Gasteiger partial charge in [0, 0.05) is 18.9 Å². The molecule has 0 saturated carbocycles. The number of sulfone groups is 1. The van der Waals surface area contributed by atoms with Crippen molar-refractivity contribution in [3.8, 4) is 0 Å². The number of ether oxygens (including phenoxy) is 1. The van der Waals surface area contributed by atoms with E-state index in [0.29, 0.717) is 37.7 Å². The molecule has 106 valence electrons. The highest BCUT2D eigenvalue weighted by Crippen LogP contribution is 2.25. The molecule has 7 heteroatoms. The molecule has 19 heavy (non-hydrogen) atoms. The van der Waals surface area contributed by atoms with Gasteiger partial charge in [0.25, 0.3) is 0 Å². The van der Waals surface area contributed by atoms with Crippen molar-refractivity contribution in [1.29, 1.82) is 0 Å². The van der Waals surface area contributed by atoms with Gasteiger partial charge in [-0.2, -0.15) is 4.98 Å². The zero-order valence-electron chi connectivity index (χ0n) is 10.7. The first-order chi connectivity index (χ1) is 9.12. The van der Waals surface area contributed by atoms with E-state index in [0.717, 1.165) is 18.9 Å². The predicted molar refractivity (Wildman–Crippen MR) is 67.6 cm³/mol. The van der Waals surface area contributed by atoms with Gasteiger partial charge in [-0.3, -0.25) is 0 Å². The Morgan fingerprint density at radius 3 is 2.68 bits per heavy atom. The average molecular weight is 286 g/mol. The predicted octanol–water partition coefficient (Wildman–Crippen LogP) is 0.941. The topological polar surface area (TPSA) is 82.3 Å². The highest BCUT2D eigenvalue weighted by atomic mass is 32.2. The number of hydrogen-bond acceptors (Lipinski definition) is 6. The molecule has 0 spiro atoms. The maximum atomic E-state index is 11.4. The first kappa shape index (κ1) is 13.1. The highest BCUT2D eigenvalue weighted by Gasteiger charge is 2.27. The molecule has 2 aliphatic heterocycles. The summed E-state index contributed by atoms with van der Waals surface area (Å²) in [6, 6.07) is 0. The summed E-state index contributed by atoms with van der Waals surface area (Å²) in [6.07, 6.45) is 3.04. The molecule has 2 fully saturated rings. The lowest BCUT2D eigenvalue weighted by Crippen LogP contribution is -2.24. The van der Waals surface area contributed by atoms with Crippen molar-refractivity contribution in [2.45, 2.75) is 31.6 Å². The minimum absolute atomic E-state index is 0.254. The van der Waals surface area contributed by atoms with Gasteiger partial charge in [-0.1, -0.05) is 5.16 Å². The summed E-state index contributed by atoms with van der Waals surface area (Å²) >= 11 is 0. The van der Waals surface area contributed by atoms with Gasteiger partial charge in [0.15, 0.2) is 5.82 Å². The van der Waals surface area contributed by atoms with Gasteiger partial charge in [0.05, 0.1) is 18.1 Å². The maximum Gasteiger partial charge on any atom is 0.226 e. The number of rotatable bonds is 3. The normalized spacial score (nSPS) is 27.7. The fourth-order valence-electron chi connectivity index (χ4n) is 2.64. The summed E-state index contributed by atoms with van der Waals surface area (Å²) in [4.78, 5) is 4.42. The number of nitrogens with zero attached hydrogens (tertiary/aromatic N) is 2. The van der Waals surface area contributed by atoms with Crippen molar-refractivity contribution in [3.05, 3.63) is 11.7 Å². The molecule has 3 rings (SSSR count). The summed E-state index contributed by atoms with van der Waals surface area (Å²) in [6.45, 7) is 1.43. The quantitative estimate of drug-likeness (QED) is 0.822. The molecule has 0 bridgehead atoms. The molecule has 1 atom stereocenters. The van der Waals surface area contributed by atoms with Gasteiger partial charge in [-0.05, 0) is 25.2 Å². The summed E-state index contributed by atoms with van der Waals surface area (Å²) in [7, 11) is -2.80. The largest absolute Gasteiger partial charge is 0.381 e. The van der Waals surface area contributed by atoms with E-state index >= 15 is 0 Å². The summed E-state index contributed by atoms with van der Waals surface area (Å²) in [5.41, 5.74) is 0. The molecule has 1 aromatic heterocycles. The molecule has 3 heterocycles. The molecular weight excluding hydrogens is 268 g/mol. The molecular formula is C12H18N2O4S. The number of hydrogen-bond donors (Lipinski definition) is 0. The molecule has 0 unspecified atom stereocenters. The average Bonchev–Trinajstić information content (AvgIpc) is 3.02. The molecule has 2 aliphatic rings. The minimum Gasteiger partial charge on any atom is -0.381 e. The van der Waals surface area contributed by atoms with Crippen molar-refractivity contribution >= 4 is 9.84 Å². The maximum absolute atomic E-state index is 11.4. The van der Waals surface area contributed by atoms with Crippen LogP contribution in [0.25, 0.3) is 0 Å². The second kappa shape index (κ2) is 5.20. The standard InChI is InChI=1S/C12H18N2O4S/c15-19(16)5-2-9(3-6-19)7-11-13-12(14-18-11)10-1-4-17-8-10/h9-10H,1-8H2/t10-/m1/s1. The lowest BCUT2D eigenvalue weighted by atomic mass is 9.99. The third-order valence-corrected chi connectivity index (χ3v) is 5.63. The monoisotopic (exact) mass is 286 g/mol. The Labute approximate surface area is 112 Å². The molecule has 0 aliphatic carbocycles. The van der Waals surface area contributed by atoms with Crippen molar-refractivity contribution < 1.29 is 17.7 Å². The Morgan fingerprint density at radius 2 is 2.00 bits per heavy atom. The van der Waals surface area contributed by atoms with Crippen LogP contribution in [0.5, 0.6) is 0 Å². The smallest absolute Gasteiger partial charge is 0.226 e. The second-order valence-corrected chi connectivity index (χ2v) is 7.71. The van der Waals surface area contributed by atoms with Crippen LogP contribution in [0, 0.1) is 5.92 Å². The Balaban J connectivity index is 1.58. The Kier molecular flexibility index (Phi) is 3.58. The lowest BCUT2D eigenvalue weighted by molar-refractivity contribution is 0.192. The minimum atomic E-state index is -2.80. The van der Waals surface area contributed by atoms with E-state index in [-0.39, 0.29) is 17.4 Å². The Bertz CT molecular complexity index is 520. The van der Waals surface area contributed by atoms with Crippen LogP contribution in [0.4, 0.5) is 0 Å². The van der Waals surface area contributed by atoms with Crippen molar-refractivity contribution in [2.75, 3.05) is 24.7 Å². The SMILES string of the molecule is O=S1(=O)CCC(Cc2nc([C@@H]3CCOC3)no2)CC1. The fourth-order valence-corrected chi connectivity index (χ4v) is 4.23. The molecule has 0 aromatic carbocycles. The zero-order chi connectivity index (χ0) is 13.3.